The van der Waals surface area contributed by atoms with Crippen LogP contribution in [-0.4, -0.2) is 59.0 Å². The molecule has 2 heterocycles. The van der Waals surface area contributed by atoms with E-state index in [-0.39, 0.29) is 31.1 Å². The number of carbonyl (C=O) groups excluding carboxylic acids is 2. The van der Waals surface area contributed by atoms with Gasteiger partial charge in [0.25, 0.3) is 0 Å². The number of ether oxygens (including phenoxy) is 1. The van der Waals surface area contributed by atoms with Crippen LogP contribution in [0.4, 0.5) is 5.69 Å². The monoisotopic (exact) mass is 676 g/mol. The molecule has 1 aliphatic rings. The van der Waals surface area contributed by atoms with Gasteiger partial charge in [-0.15, -0.1) is 0 Å². The van der Waals surface area contributed by atoms with Crippen molar-refractivity contribution in [3.05, 3.63) is 96.3 Å². The zero-order valence-electron chi connectivity index (χ0n) is 29.0. The number of ketones is 1. The molecule has 1 fully saturated rings. The van der Waals surface area contributed by atoms with E-state index in [0.29, 0.717) is 17.8 Å². The molecule has 9 nitrogen and oxygen atoms in total. The zero-order chi connectivity index (χ0) is 35.1. The highest BCUT2D eigenvalue weighted by Gasteiger charge is 2.24. The van der Waals surface area contributed by atoms with Gasteiger partial charge in [0.15, 0.2) is 11.6 Å². The average molecular weight is 677 g/mol. The Balaban J connectivity index is 1.19. The number of carboxylic acid groups (broad SMARTS) is 1. The number of Topliss-reactive ketones (excluding diaryl/α,β-unsaturated/α-hetero) is 1. The number of nitrogens with zero attached hydrogens (tertiary/aromatic N) is 3. The highest BCUT2D eigenvalue weighted by Crippen LogP contribution is 2.25. The number of nitrogens with one attached hydrogen (secondary N) is 1. The van der Waals surface area contributed by atoms with Crippen molar-refractivity contribution in [1.82, 2.24) is 15.3 Å². The van der Waals surface area contributed by atoms with Gasteiger partial charge in [-0.2, -0.15) is 0 Å². The van der Waals surface area contributed by atoms with Crippen molar-refractivity contribution in [3.8, 4) is 28.3 Å². The van der Waals surface area contributed by atoms with Gasteiger partial charge in [0.05, 0.1) is 13.0 Å². The van der Waals surface area contributed by atoms with Gasteiger partial charge in [-0.1, -0.05) is 69.0 Å². The van der Waals surface area contributed by atoms with Gasteiger partial charge in [-0.05, 0) is 73.2 Å². The Morgan fingerprint density at radius 2 is 1.48 bits per heavy atom. The molecule has 9 heteroatoms. The highest BCUT2D eigenvalue weighted by atomic mass is 16.5. The van der Waals surface area contributed by atoms with Gasteiger partial charge < -0.3 is 20.1 Å². The maximum absolute atomic E-state index is 13.3. The predicted octanol–water partition coefficient (Wildman–Crippen LogP) is 7.78. The predicted molar refractivity (Wildman–Crippen MR) is 196 cm³/mol. The number of unbranched alkanes of at least 4 members (excludes halogenated alkanes) is 4. The van der Waals surface area contributed by atoms with E-state index >= 15 is 0 Å². The molecule has 1 saturated heterocycles. The third kappa shape index (κ3) is 10.7. The summed E-state index contributed by atoms with van der Waals surface area (Å²) in [5.41, 5.74) is 5.28. The van der Waals surface area contributed by atoms with E-state index in [4.69, 9.17) is 9.84 Å². The van der Waals surface area contributed by atoms with E-state index in [1.807, 2.05) is 72.8 Å². The molecule has 1 atom stereocenters. The third-order valence-electron chi connectivity index (χ3n) is 9.15. The summed E-state index contributed by atoms with van der Waals surface area (Å²) in [4.78, 5) is 49.0. The molecule has 0 bridgehead atoms. The standard InChI is InChI=1S/C41H48N4O5/c1-2-3-4-5-8-25-50-37-19-15-31(16-20-37)35-28-43-40(44-29-35)33-11-9-30(10-12-33)26-34(41(49)42-22-21-39(47)48)27-38(46)32-13-17-36(18-14-32)45-23-6-7-24-45/h9-20,28-29,34H,2-8,21-27H2,1H3,(H,42,49)(H,47,48)/t34-/m1/s1. The summed E-state index contributed by atoms with van der Waals surface area (Å²) in [6.07, 6.45) is 12.1. The van der Waals surface area contributed by atoms with Crippen LogP contribution < -0.4 is 15.0 Å². The van der Waals surface area contributed by atoms with Crippen LogP contribution in [0.3, 0.4) is 0 Å². The SMILES string of the molecule is CCCCCCCOc1ccc(-c2cnc(-c3ccc(C[C@H](CC(=O)c4ccc(N5CCCC5)cc4)C(=O)NCCC(=O)O)cc3)nc2)cc1. The van der Waals surface area contributed by atoms with E-state index in [2.05, 4.69) is 27.1 Å². The summed E-state index contributed by atoms with van der Waals surface area (Å²) in [6.45, 7) is 4.99. The number of carboxylic acids is 1. The number of hydrogen-bond donors (Lipinski definition) is 2. The number of rotatable bonds is 19. The smallest absolute Gasteiger partial charge is 0.305 e. The molecule has 0 radical (unpaired) electrons. The van der Waals surface area contributed by atoms with E-state index in [1.165, 1.54) is 38.5 Å². The molecule has 1 amide bonds. The molecule has 5 rings (SSSR count). The van der Waals surface area contributed by atoms with Crippen LogP contribution in [0, 0.1) is 5.92 Å². The van der Waals surface area contributed by atoms with Crippen LogP contribution in [-0.2, 0) is 16.0 Å². The fraction of sp³-hybridized carbons (Fsp3) is 0.390. The number of aromatic nitrogens is 2. The van der Waals surface area contributed by atoms with Crippen molar-refractivity contribution in [2.24, 2.45) is 5.92 Å². The molecule has 3 aromatic carbocycles. The van der Waals surface area contributed by atoms with Crippen LogP contribution in [0.2, 0.25) is 0 Å². The second-order valence-electron chi connectivity index (χ2n) is 13.0. The first-order chi connectivity index (χ1) is 24.4. The fourth-order valence-electron chi connectivity index (χ4n) is 6.21. The fourth-order valence-corrected chi connectivity index (χ4v) is 6.21. The molecule has 0 saturated carbocycles. The molecule has 1 aliphatic heterocycles. The molecule has 50 heavy (non-hydrogen) atoms. The van der Waals surface area contributed by atoms with Gasteiger partial charge in [-0.25, -0.2) is 9.97 Å². The lowest BCUT2D eigenvalue weighted by atomic mass is 9.91. The van der Waals surface area contributed by atoms with Gasteiger partial charge in [-0.3, -0.25) is 14.4 Å². The summed E-state index contributed by atoms with van der Waals surface area (Å²) in [5.74, 6) is -0.664. The molecule has 2 N–H and O–H groups in total. The minimum atomic E-state index is -0.992. The van der Waals surface area contributed by atoms with Crippen LogP contribution in [0.5, 0.6) is 5.75 Å². The van der Waals surface area contributed by atoms with Crippen LogP contribution in [0.1, 0.15) is 80.6 Å². The minimum Gasteiger partial charge on any atom is -0.494 e. The first-order valence-corrected chi connectivity index (χ1v) is 17.9. The topological polar surface area (TPSA) is 122 Å². The second kappa shape index (κ2) is 18.6. The minimum absolute atomic E-state index is 0.00672. The van der Waals surface area contributed by atoms with Gasteiger partial charge in [0, 0.05) is 66.7 Å². The van der Waals surface area contributed by atoms with Crippen molar-refractivity contribution in [2.75, 3.05) is 31.1 Å². The number of hydrogen-bond acceptors (Lipinski definition) is 7. The van der Waals surface area contributed by atoms with E-state index in [9.17, 15) is 14.4 Å². The first kappa shape index (κ1) is 36.2. The lowest BCUT2D eigenvalue weighted by Crippen LogP contribution is -2.34. The van der Waals surface area contributed by atoms with Crippen molar-refractivity contribution in [1.29, 1.82) is 0 Å². The number of aliphatic carboxylic acids is 1. The Labute approximate surface area is 295 Å². The van der Waals surface area contributed by atoms with Gasteiger partial charge >= 0.3 is 5.97 Å². The second-order valence-corrected chi connectivity index (χ2v) is 13.0. The molecule has 1 aromatic heterocycles. The normalized spacial score (nSPS) is 13.2. The Hall–Kier alpha value is -5.05. The molecular weight excluding hydrogens is 628 g/mol. The molecule has 262 valence electrons. The van der Waals surface area contributed by atoms with E-state index < -0.39 is 11.9 Å². The molecular formula is C41H48N4O5. The maximum Gasteiger partial charge on any atom is 0.305 e. The van der Waals surface area contributed by atoms with E-state index in [1.54, 1.807) is 12.4 Å². The Bertz CT molecular complexity index is 1670. The molecule has 0 aliphatic carbocycles. The van der Waals surface area contributed by atoms with E-state index in [0.717, 1.165) is 59.8 Å². The summed E-state index contributed by atoms with van der Waals surface area (Å²) >= 11 is 0. The van der Waals surface area contributed by atoms with Crippen molar-refractivity contribution >= 4 is 23.3 Å². The number of anilines is 1. The van der Waals surface area contributed by atoms with Crippen LogP contribution >= 0.6 is 0 Å². The molecule has 4 aromatic rings. The maximum atomic E-state index is 13.3. The largest absolute Gasteiger partial charge is 0.494 e. The summed E-state index contributed by atoms with van der Waals surface area (Å²) < 4.78 is 5.89. The quantitative estimate of drug-likeness (QED) is 0.0763. The average Bonchev–Trinajstić information content (AvgIpc) is 3.69. The molecule has 0 spiro atoms. The lowest BCUT2D eigenvalue weighted by molar-refractivity contribution is -0.137. The summed E-state index contributed by atoms with van der Waals surface area (Å²) in [6, 6.07) is 23.3. The summed E-state index contributed by atoms with van der Waals surface area (Å²) in [5, 5.41) is 11.7. The van der Waals surface area contributed by atoms with Crippen molar-refractivity contribution in [2.45, 2.75) is 71.1 Å². The van der Waals surface area contributed by atoms with Crippen LogP contribution in [0.25, 0.3) is 22.5 Å². The Morgan fingerprint density at radius 1 is 0.820 bits per heavy atom. The van der Waals surface area contributed by atoms with Crippen molar-refractivity contribution < 1.29 is 24.2 Å². The van der Waals surface area contributed by atoms with Gasteiger partial charge in [0.2, 0.25) is 5.91 Å². The molecule has 0 unspecified atom stereocenters. The third-order valence-corrected chi connectivity index (χ3v) is 9.15. The zero-order valence-corrected chi connectivity index (χ0v) is 29.0. The Kier molecular flexibility index (Phi) is 13.5. The van der Waals surface area contributed by atoms with Crippen molar-refractivity contribution in [3.63, 3.8) is 0 Å². The number of amides is 1. The lowest BCUT2D eigenvalue weighted by Gasteiger charge is -2.18. The first-order valence-electron chi connectivity index (χ1n) is 17.9. The van der Waals surface area contributed by atoms with Gasteiger partial charge in [0.1, 0.15) is 5.75 Å². The Morgan fingerprint density at radius 3 is 2.14 bits per heavy atom. The number of carbonyl (C=O) groups is 3. The highest BCUT2D eigenvalue weighted by molar-refractivity contribution is 5.99. The number of benzene rings is 3. The summed E-state index contributed by atoms with van der Waals surface area (Å²) in [7, 11) is 0. The van der Waals surface area contributed by atoms with Crippen LogP contribution in [0.15, 0.2) is 85.2 Å².